The zero-order valence-electron chi connectivity index (χ0n) is 9.32. The number of benzene rings is 1. The number of phenols is 1. The number of aromatic hydroxyl groups is 1. The average Bonchev–Trinajstić information content (AvgIpc) is 2.21. The Morgan fingerprint density at radius 1 is 1.35 bits per heavy atom. The van der Waals surface area contributed by atoms with Crippen molar-refractivity contribution in [2.75, 3.05) is 5.32 Å². The molecule has 92 valence electrons. The van der Waals surface area contributed by atoms with Crippen LogP contribution in [-0.2, 0) is 0 Å². The van der Waals surface area contributed by atoms with Gasteiger partial charge in [-0.25, -0.2) is 4.79 Å². The molecular formula is C11H12ClNO4. The van der Waals surface area contributed by atoms with Gasteiger partial charge in [-0.1, -0.05) is 25.4 Å². The molecule has 0 aliphatic heterocycles. The van der Waals surface area contributed by atoms with Gasteiger partial charge in [-0.15, -0.1) is 0 Å². The smallest absolute Gasteiger partial charge is 0.409 e. The number of carbonyl (C=O) groups excluding carboxylic acids is 1. The Balaban J connectivity index is 3.24. The SMILES string of the molecule is CC(C)C(=O)c1cc(NC(=O)O)cc(Cl)c1O. The first-order valence-corrected chi connectivity index (χ1v) is 5.27. The number of Topliss-reactive ketones (excluding diaryl/α,β-unsaturated/α-hetero) is 1. The Labute approximate surface area is 103 Å². The van der Waals surface area contributed by atoms with E-state index in [0.717, 1.165) is 0 Å². The normalized spacial score (nSPS) is 10.4. The van der Waals surface area contributed by atoms with Gasteiger partial charge in [0.25, 0.3) is 0 Å². The number of hydrogen-bond acceptors (Lipinski definition) is 3. The van der Waals surface area contributed by atoms with Crippen LogP contribution in [0.4, 0.5) is 10.5 Å². The van der Waals surface area contributed by atoms with Crippen molar-refractivity contribution in [3.63, 3.8) is 0 Å². The van der Waals surface area contributed by atoms with Crippen molar-refractivity contribution >= 4 is 29.2 Å². The van der Waals surface area contributed by atoms with E-state index in [-0.39, 0.29) is 33.7 Å². The van der Waals surface area contributed by atoms with Crippen LogP contribution in [0.2, 0.25) is 5.02 Å². The number of anilines is 1. The van der Waals surface area contributed by atoms with Gasteiger partial charge in [-0.3, -0.25) is 10.1 Å². The largest absolute Gasteiger partial charge is 0.506 e. The molecule has 0 aliphatic rings. The van der Waals surface area contributed by atoms with Crippen LogP contribution in [0, 0.1) is 5.92 Å². The summed E-state index contributed by atoms with van der Waals surface area (Å²) in [6.45, 7) is 3.35. The monoisotopic (exact) mass is 257 g/mol. The summed E-state index contributed by atoms with van der Waals surface area (Å²) in [6, 6.07) is 2.50. The van der Waals surface area contributed by atoms with Crippen molar-refractivity contribution in [3.8, 4) is 5.75 Å². The molecule has 0 spiro atoms. The van der Waals surface area contributed by atoms with Gasteiger partial charge in [0.2, 0.25) is 0 Å². The molecule has 1 aromatic carbocycles. The number of nitrogens with one attached hydrogen (secondary N) is 1. The van der Waals surface area contributed by atoms with E-state index in [1.54, 1.807) is 13.8 Å². The molecule has 6 heteroatoms. The highest BCUT2D eigenvalue weighted by Gasteiger charge is 2.18. The molecule has 0 saturated heterocycles. The Hall–Kier alpha value is -1.75. The lowest BCUT2D eigenvalue weighted by Crippen LogP contribution is -2.11. The third-order valence-corrected chi connectivity index (χ3v) is 2.39. The first kappa shape index (κ1) is 13.3. The summed E-state index contributed by atoms with van der Waals surface area (Å²) in [7, 11) is 0. The van der Waals surface area contributed by atoms with Gasteiger partial charge >= 0.3 is 6.09 Å². The summed E-state index contributed by atoms with van der Waals surface area (Å²) < 4.78 is 0. The minimum atomic E-state index is -1.27. The van der Waals surface area contributed by atoms with E-state index in [0.29, 0.717) is 0 Å². The van der Waals surface area contributed by atoms with Crippen molar-refractivity contribution in [1.29, 1.82) is 0 Å². The maximum Gasteiger partial charge on any atom is 0.409 e. The van der Waals surface area contributed by atoms with E-state index in [4.69, 9.17) is 16.7 Å². The minimum Gasteiger partial charge on any atom is -0.506 e. The second-order valence-corrected chi connectivity index (χ2v) is 4.21. The topological polar surface area (TPSA) is 86.6 Å². The van der Waals surface area contributed by atoms with Gasteiger partial charge in [0.1, 0.15) is 5.75 Å². The number of halogens is 1. The van der Waals surface area contributed by atoms with Crippen LogP contribution in [0.15, 0.2) is 12.1 Å². The number of ketones is 1. The van der Waals surface area contributed by atoms with Crippen LogP contribution in [0.25, 0.3) is 0 Å². The van der Waals surface area contributed by atoms with Crippen molar-refractivity contribution in [1.82, 2.24) is 0 Å². The highest BCUT2D eigenvalue weighted by atomic mass is 35.5. The second kappa shape index (κ2) is 5.05. The Morgan fingerprint density at radius 2 is 1.94 bits per heavy atom. The lowest BCUT2D eigenvalue weighted by Gasteiger charge is -2.10. The fourth-order valence-electron chi connectivity index (χ4n) is 1.29. The highest BCUT2D eigenvalue weighted by Crippen LogP contribution is 2.32. The van der Waals surface area contributed by atoms with Gasteiger partial charge in [0.15, 0.2) is 5.78 Å². The number of carbonyl (C=O) groups is 2. The fraction of sp³-hybridized carbons (Fsp3) is 0.273. The van der Waals surface area contributed by atoms with Crippen LogP contribution >= 0.6 is 11.6 Å². The van der Waals surface area contributed by atoms with Crippen LogP contribution in [0.1, 0.15) is 24.2 Å². The zero-order chi connectivity index (χ0) is 13.2. The molecule has 0 bridgehead atoms. The zero-order valence-corrected chi connectivity index (χ0v) is 10.1. The number of amides is 1. The lowest BCUT2D eigenvalue weighted by molar-refractivity contribution is 0.0936. The predicted molar refractivity (Wildman–Crippen MR) is 63.9 cm³/mol. The van der Waals surface area contributed by atoms with E-state index >= 15 is 0 Å². The van der Waals surface area contributed by atoms with E-state index < -0.39 is 6.09 Å². The molecule has 17 heavy (non-hydrogen) atoms. The Kier molecular flexibility index (Phi) is 3.96. The van der Waals surface area contributed by atoms with Crippen LogP contribution in [-0.4, -0.2) is 22.1 Å². The standard InChI is InChI=1S/C11H12ClNO4/c1-5(2)9(14)7-3-6(13-11(16)17)4-8(12)10(7)15/h3-5,13,15H,1-2H3,(H,16,17). The van der Waals surface area contributed by atoms with E-state index in [2.05, 4.69) is 5.32 Å². The minimum absolute atomic E-state index is 0.0104. The van der Waals surface area contributed by atoms with Crippen LogP contribution < -0.4 is 5.32 Å². The van der Waals surface area contributed by atoms with Crippen molar-refractivity contribution < 1.29 is 19.8 Å². The summed E-state index contributed by atoms with van der Waals surface area (Å²) in [5.74, 6) is -0.961. The summed E-state index contributed by atoms with van der Waals surface area (Å²) in [6.07, 6.45) is -1.27. The lowest BCUT2D eigenvalue weighted by atomic mass is 10.00. The van der Waals surface area contributed by atoms with Crippen LogP contribution in [0.5, 0.6) is 5.75 Å². The van der Waals surface area contributed by atoms with E-state index in [1.807, 2.05) is 0 Å². The molecule has 5 nitrogen and oxygen atoms in total. The second-order valence-electron chi connectivity index (χ2n) is 3.80. The average molecular weight is 258 g/mol. The third-order valence-electron chi connectivity index (χ3n) is 2.10. The van der Waals surface area contributed by atoms with E-state index in [9.17, 15) is 14.7 Å². The molecule has 0 heterocycles. The van der Waals surface area contributed by atoms with Crippen molar-refractivity contribution in [2.45, 2.75) is 13.8 Å². The molecule has 0 atom stereocenters. The molecule has 0 radical (unpaired) electrons. The van der Waals surface area contributed by atoms with Gasteiger partial charge in [0.05, 0.1) is 10.6 Å². The van der Waals surface area contributed by atoms with Crippen molar-refractivity contribution in [2.24, 2.45) is 5.92 Å². The van der Waals surface area contributed by atoms with E-state index in [1.165, 1.54) is 12.1 Å². The molecule has 0 fully saturated rings. The molecule has 1 rings (SSSR count). The number of rotatable bonds is 3. The summed E-state index contributed by atoms with van der Waals surface area (Å²) >= 11 is 5.72. The molecule has 1 aromatic rings. The molecule has 3 N–H and O–H groups in total. The first-order chi connectivity index (χ1) is 7.82. The molecule has 0 saturated carbocycles. The van der Waals surface area contributed by atoms with Gasteiger partial charge in [-0.05, 0) is 12.1 Å². The maximum absolute atomic E-state index is 11.8. The highest BCUT2D eigenvalue weighted by molar-refractivity contribution is 6.33. The first-order valence-electron chi connectivity index (χ1n) is 4.89. The number of phenolic OH excluding ortho intramolecular Hbond substituents is 1. The third kappa shape index (κ3) is 3.10. The van der Waals surface area contributed by atoms with Gasteiger partial charge in [-0.2, -0.15) is 0 Å². The molecule has 1 amide bonds. The quantitative estimate of drug-likeness (QED) is 0.574. The number of carboxylic acid groups (broad SMARTS) is 1. The fourth-order valence-corrected chi connectivity index (χ4v) is 1.51. The van der Waals surface area contributed by atoms with Gasteiger partial charge in [0, 0.05) is 11.6 Å². The summed E-state index contributed by atoms with van der Waals surface area (Å²) in [4.78, 5) is 22.2. The molecule has 0 aromatic heterocycles. The molecule has 0 aliphatic carbocycles. The predicted octanol–water partition coefficient (Wildman–Crippen LogP) is 2.97. The molecule has 0 unspecified atom stereocenters. The van der Waals surface area contributed by atoms with Crippen LogP contribution in [0.3, 0.4) is 0 Å². The number of hydrogen-bond donors (Lipinski definition) is 3. The Morgan fingerprint density at radius 3 is 2.41 bits per heavy atom. The van der Waals surface area contributed by atoms with Crippen molar-refractivity contribution in [3.05, 3.63) is 22.7 Å². The molecular weight excluding hydrogens is 246 g/mol. The van der Waals surface area contributed by atoms with Gasteiger partial charge < -0.3 is 10.2 Å². The maximum atomic E-state index is 11.8. The Bertz CT molecular complexity index is 471. The summed E-state index contributed by atoms with van der Waals surface area (Å²) in [5.41, 5.74) is 0.153. The summed E-state index contributed by atoms with van der Waals surface area (Å²) in [5, 5.41) is 20.2.